The second-order valence-electron chi connectivity index (χ2n) is 5.60. The Kier molecular flexibility index (Phi) is 3.72. The summed E-state index contributed by atoms with van der Waals surface area (Å²) in [5.41, 5.74) is 2.46. The zero-order chi connectivity index (χ0) is 13.9. The highest BCUT2D eigenvalue weighted by molar-refractivity contribution is 6.34. The zero-order valence-electron chi connectivity index (χ0n) is 11.7. The smallest absolute Gasteiger partial charge is 0.312 e. The van der Waals surface area contributed by atoms with Crippen molar-refractivity contribution in [1.82, 2.24) is 9.80 Å². The Labute approximate surface area is 119 Å². The molecule has 2 aliphatic heterocycles. The lowest BCUT2D eigenvalue weighted by molar-refractivity contribution is -0.152. The molecule has 2 heterocycles. The Balaban J connectivity index is 1.68. The fraction of sp³-hybridized carbons (Fsp3) is 0.500. The number of carbonyl (C=O) groups is 2. The van der Waals surface area contributed by atoms with Crippen molar-refractivity contribution in [2.75, 3.05) is 19.6 Å². The van der Waals surface area contributed by atoms with Crippen LogP contribution in [0.5, 0.6) is 0 Å². The predicted molar refractivity (Wildman–Crippen MR) is 76.0 cm³/mol. The first kappa shape index (κ1) is 13.2. The molecular formula is C16H20N2O2. The van der Waals surface area contributed by atoms with Gasteiger partial charge in [0.15, 0.2) is 0 Å². The summed E-state index contributed by atoms with van der Waals surface area (Å²) in [5.74, 6) is -0.648. The first-order valence-corrected chi connectivity index (χ1v) is 7.40. The molecule has 2 amide bonds. The van der Waals surface area contributed by atoms with Gasteiger partial charge in [-0.15, -0.1) is 0 Å². The molecule has 2 aliphatic rings. The van der Waals surface area contributed by atoms with Crippen LogP contribution in [0.2, 0.25) is 0 Å². The topological polar surface area (TPSA) is 40.6 Å². The quantitative estimate of drug-likeness (QED) is 0.673. The van der Waals surface area contributed by atoms with Gasteiger partial charge in [0.05, 0.1) is 0 Å². The molecule has 20 heavy (non-hydrogen) atoms. The number of hydrogen-bond donors (Lipinski definition) is 0. The van der Waals surface area contributed by atoms with Gasteiger partial charge in [-0.25, -0.2) is 0 Å². The number of amides is 2. The van der Waals surface area contributed by atoms with Crippen LogP contribution in [0.4, 0.5) is 0 Å². The maximum Gasteiger partial charge on any atom is 0.312 e. The molecule has 0 atom stereocenters. The van der Waals surface area contributed by atoms with Crippen LogP contribution >= 0.6 is 0 Å². The lowest BCUT2D eigenvalue weighted by atomic mass is 10.00. The molecule has 0 N–H and O–H groups in total. The molecule has 0 aromatic heterocycles. The first-order valence-electron chi connectivity index (χ1n) is 7.40. The Hall–Kier alpha value is -1.84. The van der Waals surface area contributed by atoms with Gasteiger partial charge in [0.1, 0.15) is 0 Å². The standard InChI is InChI=1S/C16H20N2O2/c19-15(17-9-4-1-5-10-17)16(20)18-11-8-13-6-2-3-7-14(13)12-18/h2-3,6-7H,1,4-5,8-12H2. The van der Waals surface area contributed by atoms with Crippen molar-refractivity contribution in [3.63, 3.8) is 0 Å². The minimum atomic E-state index is -0.332. The summed E-state index contributed by atoms with van der Waals surface area (Å²) in [7, 11) is 0. The zero-order valence-corrected chi connectivity index (χ0v) is 11.7. The Morgan fingerprint density at radius 3 is 2.20 bits per heavy atom. The van der Waals surface area contributed by atoms with E-state index in [4.69, 9.17) is 0 Å². The van der Waals surface area contributed by atoms with Crippen LogP contribution in [0.3, 0.4) is 0 Å². The fourth-order valence-corrected chi connectivity index (χ4v) is 3.04. The van der Waals surface area contributed by atoms with Crippen molar-refractivity contribution in [3.8, 4) is 0 Å². The summed E-state index contributed by atoms with van der Waals surface area (Å²) in [6.07, 6.45) is 4.04. The van der Waals surface area contributed by atoms with Gasteiger partial charge in [-0.05, 0) is 36.8 Å². The molecule has 0 bridgehead atoms. The van der Waals surface area contributed by atoms with Crippen LogP contribution in [0, 0.1) is 0 Å². The molecule has 0 spiro atoms. The largest absolute Gasteiger partial charge is 0.334 e. The highest BCUT2D eigenvalue weighted by Gasteiger charge is 2.29. The highest BCUT2D eigenvalue weighted by Crippen LogP contribution is 2.19. The van der Waals surface area contributed by atoms with Crippen molar-refractivity contribution >= 4 is 11.8 Å². The van der Waals surface area contributed by atoms with E-state index in [-0.39, 0.29) is 11.8 Å². The van der Waals surface area contributed by atoms with Crippen molar-refractivity contribution in [3.05, 3.63) is 35.4 Å². The van der Waals surface area contributed by atoms with E-state index in [1.54, 1.807) is 9.80 Å². The van der Waals surface area contributed by atoms with Crippen LogP contribution < -0.4 is 0 Å². The van der Waals surface area contributed by atoms with Crippen LogP contribution in [0.25, 0.3) is 0 Å². The normalized spacial score (nSPS) is 18.6. The third-order valence-corrected chi connectivity index (χ3v) is 4.24. The summed E-state index contributed by atoms with van der Waals surface area (Å²) < 4.78 is 0. The van der Waals surface area contributed by atoms with Crippen molar-refractivity contribution in [2.45, 2.75) is 32.2 Å². The molecule has 0 aliphatic carbocycles. The van der Waals surface area contributed by atoms with E-state index in [1.807, 2.05) is 18.2 Å². The Bertz CT molecular complexity index is 521. The second kappa shape index (κ2) is 5.65. The number of hydrogen-bond acceptors (Lipinski definition) is 2. The van der Waals surface area contributed by atoms with Crippen LogP contribution in [0.1, 0.15) is 30.4 Å². The minimum absolute atomic E-state index is 0.316. The molecule has 1 fully saturated rings. The summed E-state index contributed by atoms with van der Waals surface area (Å²) >= 11 is 0. The number of likely N-dealkylation sites (tertiary alicyclic amines) is 1. The van der Waals surface area contributed by atoms with Crippen molar-refractivity contribution in [1.29, 1.82) is 0 Å². The highest BCUT2D eigenvalue weighted by atomic mass is 16.2. The van der Waals surface area contributed by atoms with Crippen molar-refractivity contribution in [2.24, 2.45) is 0 Å². The minimum Gasteiger partial charge on any atom is -0.334 e. The summed E-state index contributed by atoms with van der Waals surface area (Å²) in [6, 6.07) is 8.15. The molecule has 4 nitrogen and oxygen atoms in total. The number of nitrogens with zero attached hydrogens (tertiary/aromatic N) is 2. The lowest BCUT2D eigenvalue weighted by Crippen LogP contribution is -2.48. The Morgan fingerprint density at radius 2 is 1.45 bits per heavy atom. The number of piperidine rings is 1. The van der Waals surface area contributed by atoms with Gasteiger partial charge < -0.3 is 9.80 Å². The van der Waals surface area contributed by atoms with Gasteiger partial charge in [0, 0.05) is 26.2 Å². The average molecular weight is 272 g/mol. The van der Waals surface area contributed by atoms with Crippen LogP contribution in [-0.4, -0.2) is 41.2 Å². The fourth-order valence-electron chi connectivity index (χ4n) is 3.04. The predicted octanol–water partition coefficient (Wildman–Crippen LogP) is 1.58. The van der Waals surface area contributed by atoms with Gasteiger partial charge in [0.25, 0.3) is 0 Å². The maximum absolute atomic E-state index is 12.3. The van der Waals surface area contributed by atoms with Gasteiger partial charge in [-0.3, -0.25) is 9.59 Å². The summed E-state index contributed by atoms with van der Waals surface area (Å²) in [5, 5.41) is 0. The molecule has 0 saturated carbocycles. The molecule has 1 saturated heterocycles. The van der Waals surface area contributed by atoms with Gasteiger partial charge in [-0.1, -0.05) is 24.3 Å². The number of carbonyl (C=O) groups excluding carboxylic acids is 2. The average Bonchev–Trinajstić information content (AvgIpc) is 2.54. The Morgan fingerprint density at radius 1 is 0.800 bits per heavy atom. The first-order chi connectivity index (χ1) is 9.75. The van der Waals surface area contributed by atoms with Gasteiger partial charge in [-0.2, -0.15) is 0 Å². The molecule has 3 rings (SSSR count). The molecule has 4 heteroatoms. The SMILES string of the molecule is O=C(C(=O)N1CCc2ccccc2C1)N1CCCCC1. The van der Waals surface area contributed by atoms with E-state index in [0.717, 1.165) is 38.8 Å². The maximum atomic E-state index is 12.3. The van der Waals surface area contributed by atoms with E-state index in [9.17, 15) is 9.59 Å². The molecule has 0 radical (unpaired) electrons. The second-order valence-corrected chi connectivity index (χ2v) is 5.60. The van der Waals surface area contributed by atoms with E-state index < -0.39 is 0 Å². The monoisotopic (exact) mass is 272 g/mol. The summed E-state index contributed by atoms with van der Waals surface area (Å²) in [4.78, 5) is 28.0. The van der Waals surface area contributed by atoms with Crippen LogP contribution in [-0.2, 0) is 22.6 Å². The number of rotatable bonds is 0. The van der Waals surface area contributed by atoms with E-state index in [1.165, 1.54) is 11.1 Å². The van der Waals surface area contributed by atoms with Gasteiger partial charge in [0.2, 0.25) is 0 Å². The molecule has 106 valence electrons. The molecule has 1 aromatic rings. The number of fused-ring (bicyclic) bond motifs is 1. The number of benzene rings is 1. The third kappa shape index (κ3) is 2.55. The molecule has 0 unspecified atom stereocenters. The lowest BCUT2D eigenvalue weighted by Gasteiger charge is -2.32. The van der Waals surface area contributed by atoms with E-state index >= 15 is 0 Å². The van der Waals surface area contributed by atoms with E-state index in [2.05, 4.69) is 6.07 Å². The molecule has 1 aromatic carbocycles. The summed E-state index contributed by atoms with van der Waals surface area (Å²) in [6.45, 7) is 2.67. The van der Waals surface area contributed by atoms with Gasteiger partial charge >= 0.3 is 11.8 Å². The van der Waals surface area contributed by atoms with Crippen LogP contribution in [0.15, 0.2) is 24.3 Å². The van der Waals surface area contributed by atoms with E-state index in [0.29, 0.717) is 13.1 Å². The molecular weight excluding hydrogens is 252 g/mol. The third-order valence-electron chi connectivity index (χ3n) is 4.24. The van der Waals surface area contributed by atoms with Crippen molar-refractivity contribution < 1.29 is 9.59 Å².